The minimum atomic E-state index is -1.61. The minimum absolute atomic E-state index is 0.0311. The van der Waals surface area contributed by atoms with Crippen LogP contribution in [0.25, 0.3) is 0 Å². The van der Waals surface area contributed by atoms with Gasteiger partial charge in [-0.1, -0.05) is 92.8 Å². The van der Waals surface area contributed by atoms with E-state index in [-0.39, 0.29) is 54.9 Å². The Labute approximate surface area is 265 Å². The van der Waals surface area contributed by atoms with Gasteiger partial charge in [0.05, 0.1) is 20.1 Å². The van der Waals surface area contributed by atoms with Gasteiger partial charge in [0.25, 0.3) is 0 Å². The molecule has 0 saturated carbocycles. The Hall–Kier alpha value is -0.960. The second kappa shape index (κ2) is 12.5. The molecule has 2 atom stereocenters. The van der Waals surface area contributed by atoms with E-state index in [2.05, 4.69) is 0 Å². The maximum Gasteiger partial charge on any atom is 0.239 e. The van der Waals surface area contributed by atoms with Gasteiger partial charge in [0.2, 0.25) is 10.1 Å². The molecule has 0 fully saturated rings. The van der Waals surface area contributed by atoms with Crippen LogP contribution in [0.5, 0.6) is 23.0 Å². The molecule has 2 aromatic rings. The molecule has 2 aromatic carbocycles. The van der Waals surface area contributed by atoms with Crippen molar-refractivity contribution in [1.82, 2.24) is 0 Å². The number of ether oxygens (including phenoxy) is 5. The van der Waals surface area contributed by atoms with Crippen LogP contribution in [0.15, 0.2) is 90.2 Å². The predicted molar refractivity (Wildman–Crippen MR) is 158 cm³/mol. The first-order valence-electron chi connectivity index (χ1n) is 11.3. The zero-order valence-electron chi connectivity index (χ0n) is 20.1. The van der Waals surface area contributed by atoms with E-state index in [1.54, 1.807) is 62.4 Å². The average molecular weight is 694 g/mol. The fourth-order valence-electron chi connectivity index (χ4n) is 3.56. The van der Waals surface area contributed by atoms with Gasteiger partial charge in [-0.15, -0.1) is 0 Å². The second-order valence-corrected chi connectivity index (χ2v) is 11.2. The first kappa shape index (κ1) is 31.0. The molecule has 2 aliphatic rings. The molecule has 0 spiro atoms. The van der Waals surface area contributed by atoms with Crippen molar-refractivity contribution >= 4 is 92.8 Å². The van der Waals surface area contributed by atoms with Crippen molar-refractivity contribution in [2.45, 2.75) is 24.0 Å². The molecule has 0 heterocycles. The van der Waals surface area contributed by atoms with E-state index in [1.807, 2.05) is 0 Å². The molecule has 4 rings (SSSR count). The summed E-state index contributed by atoms with van der Waals surface area (Å²) in [5.41, 5.74) is 0. The molecule has 2 unspecified atom stereocenters. The van der Waals surface area contributed by atoms with Crippen LogP contribution in [0, 0.1) is 0 Å². The van der Waals surface area contributed by atoms with Crippen LogP contribution in [0.2, 0.25) is 0 Å². The summed E-state index contributed by atoms with van der Waals surface area (Å²) < 4.78 is 28.8. The SMILES string of the molecule is CCOC1(Cl)C(Cl)=C(Cl)C(Cl)=C1Oc1ccc(Oc2ccc(OC3=C(Cl)C(Cl)=C(Cl)C3(Cl)OCC)cc2)cc1. The molecular formula is C26H18Cl8O5. The van der Waals surface area contributed by atoms with Crippen LogP contribution in [0.1, 0.15) is 13.8 Å². The first-order chi connectivity index (χ1) is 18.5. The van der Waals surface area contributed by atoms with Crippen molar-refractivity contribution in [3.63, 3.8) is 0 Å². The molecule has 0 saturated heterocycles. The molecule has 208 valence electrons. The van der Waals surface area contributed by atoms with Gasteiger partial charge in [0.15, 0.2) is 11.5 Å². The van der Waals surface area contributed by atoms with Crippen LogP contribution >= 0.6 is 92.8 Å². The summed E-state index contributed by atoms with van der Waals surface area (Å²) in [6.45, 7) is 4.01. The highest BCUT2D eigenvalue weighted by atomic mass is 35.5. The number of hydrogen-bond acceptors (Lipinski definition) is 5. The number of hydrogen-bond donors (Lipinski definition) is 0. The predicted octanol–water partition coefficient (Wildman–Crippen LogP) is 10.5. The molecule has 5 nitrogen and oxygen atoms in total. The summed E-state index contributed by atoms with van der Waals surface area (Å²) in [5, 5.41) is -2.90. The second-order valence-electron chi connectivity index (χ2n) is 7.85. The van der Waals surface area contributed by atoms with E-state index in [0.29, 0.717) is 23.0 Å². The Morgan fingerprint density at radius 2 is 0.769 bits per heavy atom. The normalized spacial score (nSPS) is 23.3. The van der Waals surface area contributed by atoms with Crippen LogP contribution < -0.4 is 14.2 Å². The molecular weight excluding hydrogens is 676 g/mol. The lowest BCUT2D eigenvalue weighted by Gasteiger charge is -2.25. The van der Waals surface area contributed by atoms with Gasteiger partial charge in [-0.05, 0) is 62.4 Å². The van der Waals surface area contributed by atoms with E-state index in [1.165, 1.54) is 0 Å². The van der Waals surface area contributed by atoms with E-state index < -0.39 is 10.1 Å². The van der Waals surface area contributed by atoms with Gasteiger partial charge in [-0.25, -0.2) is 0 Å². The van der Waals surface area contributed by atoms with Gasteiger partial charge in [0.1, 0.15) is 33.1 Å². The lowest BCUT2D eigenvalue weighted by molar-refractivity contribution is 0.0620. The van der Waals surface area contributed by atoms with Crippen LogP contribution in [0.4, 0.5) is 0 Å². The molecule has 0 radical (unpaired) electrons. The van der Waals surface area contributed by atoms with Crippen molar-refractivity contribution < 1.29 is 23.7 Å². The van der Waals surface area contributed by atoms with Crippen LogP contribution in [-0.4, -0.2) is 23.3 Å². The standard InChI is InChI=1S/C26H18Cl8O5/c1-3-35-25(33)21(31)17(27)19(29)23(25)38-15-9-5-13(6-10-15)37-14-7-11-16(12-8-14)39-24-20(30)18(28)22(32)26(24,34)36-4-2/h5-12H,3-4H2,1-2H3. The smallest absolute Gasteiger partial charge is 0.239 e. The monoisotopic (exact) mass is 690 g/mol. The Morgan fingerprint density at radius 1 is 0.487 bits per heavy atom. The van der Waals surface area contributed by atoms with Crippen molar-refractivity contribution in [2.75, 3.05) is 13.2 Å². The van der Waals surface area contributed by atoms with Crippen molar-refractivity contribution in [2.24, 2.45) is 0 Å². The van der Waals surface area contributed by atoms with Gasteiger partial charge in [0, 0.05) is 13.2 Å². The maximum absolute atomic E-state index is 6.55. The Morgan fingerprint density at radius 3 is 1.05 bits per heavy atom. The quantitative estimate of drug-likeness (QED) is 0.232. The number of alkyl halides is 2. The van der Waals surface area contributed by atoms with E-state index in [4.69, 9.17) is 116 Å². The molecule has 0 aromatic heterocycles. The Bertz CT molecular complexity index is 1280. The fraction of sp³-hybridized carbons (Fsp3) is 0.231. The third-order valence-corrected chi connectivity index (χ3v) is 9.23. The lowest BCUT2D eigenvalue weighted by Crippen LogP contribution is -2.29. The summed E-state index contributed by atoms with van der Waals surface area (Å²) >= 11 is 50.5. The first-order valence-corrected chi connectivity index (χ1v) is 14.3. The summed E-state index contributed by atoms with van der Waals surface area (Å²) in [6, 6.07) is 13.4. The largest absolute Gasteiger partial charge is 0.457 e. The zero-order valence-corrected chi connectivity index (χ0v) is 26.1. The van der Waals surface area contributed by atoms with Crippen LogP contribution in [-0.2, 0) is 9.47 Å². The van der Waals surface area contributed by atoms with Gasteiger partial charge < -0.3 is 23.7 Å². The highest BCUT2D eigenvalue weighted by Crippen LogP contribution is 2.52. The van der Waals surface area contributed by atoms with E-state index >= 15 is 0 Å². The Balaban J connectivity index is 1.43. The topological polar surface area (TPSA) is 46.2 Å². The van der Waals surface area contributed by atoms with Gasteiger partial charge in [-0.3, -0.25) is 0 Å². The Kier molecular flexibility index (Phi) is 9.93. The van der Waals surface area contributed by atoms with E-state index in [0.717, 1.165) is 0 Å². The molecule has 0 aliphatic heterocycles. The minimum Gasteiger partial charge on any atom is -0.457 e. The molecule has 0 bridgehead atoms. The van der Waals surface area contributed by atoms with Gasteiger partial charge >= 0.3 is 0 Å². The van der Waals surface area contributed by atoms with Crippen molar-refractivity contribution in [1.29, 1.82) is 0 Å². The lowest BCUT2D eigenvalue weighted by atomic mass is 10.3. The number of allylic oxidation sites excluding steroid dienone is 4. The maximum atomic E-state index is 6.55. The average Bonchev–Trinajstić information content (AvgIpc) is 3.17. The number of rotatable bonds is 10. The van der Waals surface area contributed by atoms with Crippen molar-refractivity contribution in [3.05, 3.63) is 90.2 Å². The fourth-order valence-corrected chi connectivity index (χ4v) is 5.96. The zero-order chi connectivity index (χ0) is 28.5. The third-order valence-electron chi connectivity index (χ3n) is 5.33. The highest BCUT2D eigenvalue weighted by Gasteiger charge is 2.49. The van der Waals surface area contributed by atoms with Crippen LogP contribution in [0.3, 0.4) is 0 Å². The molecule has 0 amide bonds. The molecule has 2 aliphatic carbocycles. The molecule has 39 heavy (non-hydrogen) atoms. The molecule has 13 heteroatoms. The summed E-state index contributed by atoms with van der Waals surface area (Å²) in [4.78, 5) is 0. The summed E-state index contributed by atoms with van der Waals surface area (Å²) in [6.07, 6.45) is 0. The molecule has 0 N–H and O–H groups in total. The van der Waals surface area contributed by atoms with E-state index in [9.17, 15) is 0 Å². The summed E-state index contributed by atoms with van der Waals surface area (Å²) in [7, 11) is 0. The van der Waals surface area contributed by atoms with Crippen molar-refractivity contribution in [3.8, 4) is 23.0 Å². The number of halogens is 8. The number of benzene rings is 2. The van der Waals surface area contributed by atoms with Gasteiger partial charge in [-0.2, -0.15) is 0 Å². The highest BCUT2D eigenvalue weighted by molar-refractivity contribution is 6.54. The summed E-state index contributed by atoms with van der Waals surface area (Å²) in [5.74, 6) is 2.02. The third kappa shape index (κ3) is 6.00.